The molecule has 2 N–H and O–H groups in total. The van der Waals surface area contributed by atoms with E-state index in [1.807, 2.05) is 75.7 Å². The van der Waals surface area contributed by atoms with Crippen molar-refractivity contribution in [3.8, 4) is 11.5 Å². The van der Waals surface area contributed by atoms with Crippen LogP contribution in [0.1, 0.15) is 39.2 Å². The number of rotatable bonds is 6. The van der Waals surface area contributed by atoms with E-state index in [-0.39, 0.29) is 12.1 Å². The number of hydrogen-bond donors (Lipinski definition) is 2. The number of hydrogen-bond acceptors (Lipinski definition) is 10. The molecule has 3 aromatic heterocycles. The number of benzene rings is 2. The first-order valence-corrected chi connectivity index (χ1v) is 14.3. The van der Waals surface area contributed by atoms with Gasteiger partial charge in [0.1, 0.15) is 34.5 Å². The lowest BCUT2D eigenvalue weighted by Gasteiger charge is -2.32. The molecule has 4 heterocycles. The first kappa shape index (κ1) is 28.1. The summed E-state index contributed by atoms with van der Waals surface area (Å²) in [5.74, 6) is 2.67. The van der Waals surface area contributed by atoms with Crippen molar-refractivity contribution in [3.05, 3.63) is 60.8 Å². The van der Waals surface area contributed by atoms with Crippen molar-refractivity contribution in [2.75, 3.05) is 23.3 Å². The summed E-state index contributed by atoms with van der Waals surface area (Å²) >= 11 is 0. The van der Waals surface area contributed by atoms with E-state index in [9.17, 15) is 4.79 Å². The van der Waals surface area contributed by atoms with Gasteiger partial charge in [-0.1, -0.05) is 0 Å². The van der Waals surface area contributed by atoms with Crippen LogP contribution in [0.15, 0.2) is 55.2 Å². The monoisotopic (exact) mass is 581 g/mol. The molecular weight excluding hydrogens is 546 g/mol. The van der Waals surface area contributed by atoms with Crippen LogP contribution in [0.4, 0.5) is 22.2 Å². The van der Waals surface area contributed by atoms with E-state index in [0.29, 0.717) is 35.9 Å². The van der Waals surface area contributed by atoms with E-state index < -0.39 is 5.60 Å². The number of anilines is 3. The zero-order chi connectivity index (χ0) is 30.1. The average Bonchev–Trinajstić information content (AvgIpc) is 3.33. The topological polar surface area (TPSA) is 132 Å². The van der Waals surface area contributed by atoms with Crippen LogP contribution in [-0.2, 0) is 11.8 Å². The van der Waals surface area contributed by atoms with Crippen molar-refractivity contribution in [1.82, 2.24) is 34.8 Å². The minimum atomic E-state index is -0.526. The van der Waals surface area contributed by atoms with Crippen molar-refractivity contribution in [2.45, 2.75) is 52.2 Å². The molecule has 1 aliphatic rings. The molecule has 1 saturated heterocycles. The summed E-state index contributed by atoms with van der Waals surface area (Å²) in [6.45, 7) is 8.98. The SMILES string of the molecule is Cc1cc(Nc2ncnc3cnc(N4CCC(NC(=O)OC(C)(C)C)CC4)nc23)ccc1Oc1ccc2c(c1)ncn2C. The number of carbonyl (C=O) groups excluding carboxylic acids is 1. The van der Waals surface area contributed by atoms with E-state index in [1.54, 1.807) is 12.5 Å². The van der Waals surface area contributed by atoms with Crippen LogP contribution in [-0.4, -0.2) is 60.3 Å². The Hall–Kier alpha value is -5.00. The third-order valence-corrected chi connectivity index (χ3v) is 7.23. The largest absolute Gasteiger partial charge is 0.457 e. The van der Waals surface area contributed by atoms with Gasteiger partial charge in [0, 0.05) is 37.9 Å². The maximum absolute atomic E-state index is 12.2. The highest BCUT2D eigenvalue weighted by Crippen LogP contribution is 2.31. The number of carbonyl (C=O) groups is 1. The van der Waals surface area contributed by atoms with Crippen LogP contribution < -0.4 is 20.3 Å². The van der Waals surface area contributed by atoms with Gasteiger partial charge in [-0.15, -0.1) is 0 Å². The number of aryl methyl sites for hydroxylation is 2. The third-order valence-electron chi connectivity index (χ3n) is 7.23. The first-order chi connectivity index (χ1) is 20.6. The van der Waals surface area contributed by atoms with Gasteiger partial charge in [0.05, 0.1) is 23.6 Å². The van der Waals surface area contributed by atoms with Crippen molar-refractivity contribution in [2.24, 2.45) is 7.05 Å². The number of imidazole rings is 1. The van der Waals surface area contributed by atoms with E-state index in [4.69, 9.17) is 14.5 Å². The Balaban J connectivity index is 1.14. The second-order valence-electron chi connectivity index (χ2n) is 11.7. The number of fused-ring (bicyclic) bond motifs is 2. The normalized spacial score (nSPS) is 14.2. The molecule has 0 radical (unpaired) electrons. The summed E-state index contributed by atoms with van der Waals surface area (Å²) in [5, 5.41) is 6.37. The van der Waals surface area contributed by atoms with Gasteiger partial charge in [-0.3, -0.25) is 0 Å². The summed E-state index contributed by atoms with van der Waals surface area (Å²) in [6.07, 6.45) is 6.15. The quantitative estimate of drug-likeness (QED) is 0.259. The standard InChI is InChI=1S/C31H35N9O3/c1-19-14-21(6-9-26(19)42-22-7-8-25-23(15-22)35-18-39(25)5)36-28-27-24(33-17-34-28)16-32-29(38-27)40-12-10-20(11-13-40)37-30(41)43-31(2,3)4/h6-9,14-18,20H,10-13H2,1-5H3,(H,37,41)(H,33,34,36). The summed E-state index contributed by atoms with van der Waals surface area (Å²) < 4.78 is 13.6. The highest BCUT2D eigenvalue weighted by atomic mass is 16.6. The number of aromatic nitrogens is 6. The molecule has 2 aromatic carbocycles. The number of nitrogens with zero attached hydrogens (tertiary/aromatic N) is 7. The summed E-state index contributed by atoms with van der Waals surface area (Å²) in [7, 11) is 1.97. The Morgan fingerprint density at radius 3 is 2.58 bits per heavy atom. The lowest BCUT2D eigenvalue weighted by molar-refractivity contribution is 0.0497. The Morgan fingerprint density at radius 2 is 1.81 bits per heavy atom. The number of alkyl carbamates (subject to hydrolysis) is 1. The third kappa shape index (κ3) is 6.42. The van der Waals surface area contributed by atoms with E-state index >= 15 is 0 Å². The number of amides is 1. The smallest absolute Gasteiger partial charge is 0.407 e. The average molecular weight is 582 g/mol. The molecule has 1 aliphatic heterocycles. The molecule has 0 aliphatic carbocycles. The van der Waals surface area contributed by atoms with Gasteiger partial charge in [0.2, 0.25) is 5.95 Å². The summed E-state index contributed by atoms with van der Waals surface area (Å²) in [6, 6.07) is 11.8. The molecule has 43 heavy (non-hydrogen) atoms. The molecule has 222 valence electrons. The summed E-state index contributed by atoms with van der Waals surface area (Å²) in [4.78, 5) is 36.9. The minimum Gasteiger partial charge on any atom is -0.457 e. The molecule has 0 bridgehead atoms. The second-order valence-corrected chi connectivity index (χ2v) is 11.7. The van der Waals surface area contributed by atoms with Gasteiger partial charge in [0.15, 0.2) is 5.82 Å². The highest BCUT2D eigenvalue weighted by molar-refractivity contribution is 5.87. The molecule has 1 amide bonds. The molecule has 0 unspecified atom stereocenters. The van der Waals surface area contributed by atoms with Gasteiger partial charge in [-0.2, -0.15) is 0 Å². The van der Waals surface area contributed by atoms with Crippen LogP contribution in [0.25, 0.3) is 22.1 Å². The molecule has 6 rings (SSSR count). The maximum atomic E-state index is 12.2. The number of ether oxygens (including phenoxy) is 2. The zero-order valence-electron chi connectivity index (χ0n) is 25.0. The fraction of sp³-hybridized carbons (Fsp3) is 0.355. The van der Waals surface area contributed by atoms with Gasteiger partial charge in [0.25, 0.3) is 0 Å². The lowest BCUT2D eigenvalue weighted by Crippen LogP contribution is -2.46. The molecule has 0 spiro atoms. The predicted molar refractivity (Wildman–Crippen MR) is 165 cm³/mol. The Morgan fingerprint density at radius 1 is 1.00 bits per heavy atom. The van der Waals surface area contributed by atoms with Crippen LogP contribution in [0.3, 0.4) is 0 Å². The van der Waals surface area contributed by atoms with Crippen molar-refractivity contribution in [3.63, 3.8) is 0 Å². The fourth-order valence-corrected chi connectivity index (χ4v) is 5.07. The first-order valence-electron chi connectivity index (χ1n) is 14.3. The van der Waals surface area contributed by atoms with Crippen LogP contribution in [0, 0.1) is 6.92 Å². The van der Waals surface area contributed by atoms with Gasteiger partial charge in [-0.25, -0.2) is 29.7 Å². The minimum absolute atomic E-state index is 0.0419. The molecule has 1 fully saturated rings. The molecule has 12 heteroatoms. The Bertz CT molecular complexity index is 1790. The Labute approximate surface area is 249 Å². The molecular formula is C31H35N9O3. The van der Waals surface area contributed by atoms with Gasteiger partial charge in [-0.05, 0) is 76.4 Å². The van der Waals surface area contributed by atoms with Crippen LogP contribution in [0.5, 0.6) is 11.5 Å². The Kier molecular flexibility index (Phi) is 7.43. The molecule has 0 atom stereocenters. The number of nitrogens with one attached hydrogen (secondary N) is 2. The van der Waals surface area contributed by atoms with Crippen molar-refractivity contribution in [1.29, 1.82) is 0 Å². The van der Waals surface area contributed by atoms with Crippen LogP contribution >= 0.6 is 0 Å². The zero-order valence-corrected chi connectivity index (χ0v) is 25.0. The second kappa shape index (κ2) is 11.3. The fourth-order valence-electron chi connectivity index (χ4n) is 5.07. The van der Waals surface area contributed by atoms with Crippen LogP contribution in [0.2, 0.25) is 0 Å². The van der Waals surface area contributed by atoms with E-state index in [0.717, 1.165) is 46.6 Å². The maximum Gasteiger partial charge on any atom is 0.407 e. The summed E-state index contributed by atoms with van der Waals surface area (Å²) in [5.41, 5.74) is 4.48. The molecule has 12 nitrogen and oxygen atoms in total. The predicted octanol–water partition coefficient (Wildman–Crippen LogP) is 5.64. The molecule has 5 aromatic rings. The number of piperidine rings is 1. The lowest BCUT2D eigenvalue weighted by atomic mass is 10.1. The highest BCUT2D eigenvalue weighted by Gasteiger charge is 2.25. The van der Waals surface area contributed by atoms with E-state index in [2.05, 4.69) is 35.5 Å². The molecule has 0 saturated carbocycles. The van der Waals surface area contributed by atoms with Gasteiger partial charge >= 0.3 is 6.09 Å². The van der Waals surface area contributed by atoms with Gasteiger partial charge < -0.3 is 29.6 Å². The van der Waals surface area contributed by atoms with Crippen molar-refractivity contribution >= 4 is 45.6 Å². The van der Waals surface area contributed by atoms with Crippen molar-refractivity contribution < 1.29 is 14.3 Å². The van der Waals surface area contributed by atoms with E-state index in [1.165, 1.54) is 6.33 Å².